The van der Waals surface area contributed by atoms with Gasteiger partial charge < -0.3 is 15.8 Å². The van der Waals surface area contributed by atoms with E-state index in [1.165, 1.54) is 32.1 Å². The van der Waals surface area contributed by atoms with E-state index >= 15 is 0 Å². The molecule has 1 unspecified atom stereocenters. The summed E-state index contributed by atoms with van der Waals surface area (Å²) in [7, 11) is 0. The van der Waals surface area contributed by atoms with Gasteiger partial charge in [-0.15, -0.1) is 0 Å². The highest BCUT2D eigenvalue weighted by Gasteiger charge is 2.38. The monoisotopic (exact) mass is 342 g/mol. The number of hydrogen-bond donors (Lipinski definition) is 2. The molecule has 7 heteroatoms. The average molecular weight is 342 g/mol. The summed E-state index contributed by atoms with van der Waals surface area (Å²) in [5.41, 5.74) is 6.95. The molecule has 2 aromatic rings. The molecule has 2 aromatic heterocycles. The topological polar surface area (TPSA) is 90.9 Å². The summed E-state index contributed by atoms with van der Waals surface area (Å²) in [4.78, 5) is 8.69. The minimum atomic E-state index is 0.0769. The molecule has 4 rings (SSSR count). The average Bonchev–Trinajstić information content (AvgIpc) is 2.94. The molecule has 0 radical (unpaired) electrons. The third-order valence-corrected chi connectivity index (χ3v) is 5.34. The third-order valence-electron chi connectivity index (χ3n) is 5.34. The molecule has 1 aliphatic carbocycles. The SMILES string of the molecule is Cc1cc(N)n(-c2cc(NC3CCOC4(CCCCC4)C3)ncn2)n1. The van der Waals surface area contributed by atoms with Crippen molar-refractivity contribution in [3.63, 3.8) is 0 Å². The van der Waals surface area contributed by atoms with Gasteiger partial charge in [-0.25, -0.2) is 9.97 Å². The van der Waals surface area contributed by atoms with Crippen LogP contribution in [-0.2, 0) is 4.74 Å². The molecule has 134 valence electrons. The van der Waals surface area contributed by atoms with Crippen LogP contribution in [0.2, 0.25) is 0 Å². The second kappa shape index (κ2) is 6.63. The fourth-order valence-electron chi connectivity index (χ4n) is 4.15. The number of aromatic nitrogens is 4. The summed E-state index contributed by atoms with van der Waals surface area (Å²) in [6.07, 6.45) is 9.88. The molecule has 0 amide bonds. The van der Waals surface area contributed by atoms with E-state index in [-0.39, 0.29) is 5.60 Å². The lowest BCUT2D eigenvalue weighted by Crippen LogP contribution is -2.45. The van der Waals surface area contributed by atoms with Gasteiger partial charge >= 0.3 is 0 Å². The van der Waals surface area contributed by atoms with Crippen LogP contribution in [0, 0.1) is 6.92 Å². The van der Waals surface area contributed by atoms with Crippen LogP contribution < -0.4 is 11.1 Å². The van der Waals surface area contributed by atoms with E-state index < -0.39 is 0 Å². The van der Waals surface area contributed by atoms with Crippen LogP contribution in [0.15, 0.2) is 18.5 Å². The fourth-order valence-corrected chi connectivity index (χ4v) is 4.15. The summed E-state index contributed by atoms with van der Waals surface area (Å²) >= 11 is 0. The van der Waals surface area contributed by atoms with Crippen molar-refractivity contribution in [1.82, 2.24) is 19.7 Å². The Morgan fingerprint density at radius 2 is 2.08 bits per heavy atom. The van der Waals surface area contributed by atoms with Gasteiger partial charge in [-0.2, -0.15) is 9.78 Å². The molecule has 2 aliphatic rings. The Hall–Kier alpha value is -2.15. The second-order valence-corrected chi connectivity index (χ2v) is 7.31. The standard InChI is InChI=1S/C18H26N6O/c1-13-9-15(19)24(23-13)17-10-16(20-12-21-17)22-14-5-8-25-18(11-14)6-3-2-4-7-18/h9-10,12,14H,2-8,11,19H2,1H3,(H,20,21,22). The van der Waals surface area contributed by atoms with Crippen LogP contribution in [-0.4, -0.2) is 38.0 Å². The Bertz CT molecular complexity index is 731. The number of anilines is 2. The molecule has 3 heterocycles. The first kappa shape index (κ1) is 16.3. The van der Waals surface area contributed by atoms with E-state index in [1.807, 2.05) is 19.1 Å². The first-order valence-electron chi connectivity index (χ1n) is 9.19. The Balaban J connectivity index is 1.49. The van der Waals surface area contributed by atoms with E-state index in [4.69, 9.17) is 10.5 Å². The van der Waals surface area contributed by atoms with Gasteiger partial charge in [0.2, 0.25) is 0 Å². The van der Waals surface area contributed by atoms with Crippen molar-refractivity contribution in [2.24, 2.45) is 0 Å². The Kier molecular flexibility index (Phi) is 4.33. The van der Waals surface area contributed by atoms with Crippen LogP contribution in [0.4, 0.5) is 11.6 Å². The predicted octanol–water partition coefficient (Wildman–Crippen LogP) is 2.85. The van der Waals surface area contributed by atoms with E-state index in [0.717, 1.165) is 31.0 Å². The van der Waals surface area contributed by atoms with Crippen molar-refractivity contribution < 1.29 is 4.74 Å². The zero-order valence-electron chi connectivity index (χ0n) is 14.7. The molecule has 0 bridgehead atoms. The van der Waals surface area contributed by atoms with Gasteiger partial charge in [-0.1, -0.05) is 19.3 Å². The number of hydrogen-bond acceptors (Lipinski definition) is 6. The Morgan fingerprint density at radius 1 is 1.24 bits per heavy atom. The lowest BCUT2D eigenvalue weighted by molar-refractivity contribution is -0.103. The van der Waals surface area contributed by atoms with Crippen LogP contribution >= 0.6 is 0 Å². The number of aryl methyl sites for hydroxylation is 1. The number of nitrogen functional groups attached to an aromatic ring is 1. The molecule has 1 aliphatic heterocycles. The maximum atomic E-state index is 6.18. The zero-order chi connectivity index (χ0) is 17.3. The lowest BCUT2D eigenvalue weighted by atomic mass is 9.78. The van der Waals surface area contributed by atoms with Crippen molar-refractivity contribution in [3.8, 4) is 5.82 Å². The Labute approximate surface area is 148 Å². The molecule has 1 spiro atoms. The zero-order valence-corrected chi connectivity index (χ0v) is 14.7. The minimum absolute atomic E-state index is 0.0769. The Morgan fingerprint density at radius 3 is 2.84 bits per heavy atom. The first-order chi connectivity index (χ1) is 12.1. The molecule has 0 aromatic carbocycles. The van der Waals surface area contributed by atoms with Gasteiger partial charge in [0.05, 0.1) is 11.3 Å². The highest BCUT2D eigenvalue weighted by Crippen LogP contribution is 2.39. The van der Waals surface area contributed by atoms with Crippen molar-refractivity contribution in [2.75, 3.05) is 17.7 Å². The predicted molar refractivity (Wildman–Crippen MR) is 96.7 cm³/mol. The maximum absolute atomic E-state index is 6.18. The summed E-state index contributed by atoms with van der Waals surface area (Å²) in [6, 6.07) is 4.12. The summed E-state index contributed by atoms with van der Waals surface area (Å²) in [5, 5.41) is 7.97. The quantitative estimate of drug-likeness (QED) is 0.891. The highest BCUT2D eigenvalue weighted by atomic mass is 16.5. The van der Waals surface area contributed by atoms with Crippen LogP contribution in [0.1, 0.15) is 50.6 Å². The number of nitrogens with one attached hydrogen (secondary N) is 1. The van der Waals surface area contributed by atoms with Crippen molar-refractivity contribution in [1.29, 1.82) is 0 Å². The number of nitrogens with zero attached hydrogens (tertiary/aromatic N) is 4. The van der Waals surface area contributed by atoms with Gasteiger partial charge in [0.15, 0.2) is 5.82 Å². The van der Waals surface area contributed by atoms with Crippen LogP contribution in [0.25, 0.3) is 5.82 Å². The molecule has 1 saturated carbocycles. The van der Waals surface area contributed by atoms with Crippen LogP contribution in [0.3, 0.4) is 0 Å². The van der Waals surface area contributed by atoms with Gasteiger partial charge in [0, 0.05) is 24.8 Å². The molecule has 25 heavy (non-hydrogen) atoms. The van der Waals surface area contributed by atoms with Crippen molar-refractivity contribution in [3.05, 3.63) is 24.2 Å². The molecule has 7 nitrogen and oxygen atoms in total. The van der Waals surface area contributed by atoms with E-state index in [1.54, 1.807) is 11.0 Å². The number of ether oxygens (including phenoxy) is 1. The molecule has 3 N–H and O–H groups in total. The highest BCUT2D eigenvalue weighted by molar-refractivity contribution is 5.45. The second-order valence-electron chi connectivity index (χ2n) is 7.31. The van der Waals surface area contributed by atoms with Crippen molar-refractivity contribution in [2.45, 2.75) is 63.5 Å². The van der Waals surface area contributed by atoms with Gasteiger partial charge in [0.1, 0.15) is 18.0 Å². The van der Waals surface area contributed by atoms with E-state index in [2.05, 4.69) is 20.4 Å². The third kappa shape index (κ3) is 3.46. The van der Waals surface area contributed by atoms with Crippen molar-refractivity contribution >= 4 is 11.6 Å². The summed E-state index contributed by atoms with van der Waals surface area (Å²) in [6.45, 7) is 2.74. The molecule has 1 saturated heterocycles. The first-order valence-corrected chi connectivity index (χ1v) is 9.19. The molecular formula is C18H26N6O. The normalized spacial score (nSPS) is 22.8. The van der Waals surface area contributed by atoms with Gasteiger partial charge in [0.25, 0.3) is 0 Å². The van der Waals surface area contributed by atoms with E-state index in [9.17, 15) is 0 Å². The lowest BCUT2D eigenvalue weighted by Gasteiger charge is -2.43. The van der Waals surface area contributed by atoms with E-state index in [0.29, 0.717) is 17.7 Å². The smallest absolute Gasteiger partial charge is 0.161 e. The maximum Gasteiger partial charge on any atom is 0.161 e. The summed E-state index contributed by atoms with van der Waals surface area (Å²) < 4.78 is 7.83. The van der Waals surface area contributed by atoms with Gasteiger partial charge in [-0.3, -0.25) is 0 Å². The van der Waals surface area contributed by atoms with Gasteiger partial charge in [-0.05, 0) is 32.6 Å². The number of rotatable bonds is 3. The largest absolute Gasteiger partial charge is 0.384 e. The molecule has 1 atom stereocenters. The molecular weight excluding hydrogens is 316 g/mol. The minimum Gasteiger partial charge on any atom is -0.384 e. The van der Waals surface area contributed by atoms with Crippen LogP contribution in [0.5, 0.6) is 0 Å². The number of nitrogens with two attached hydrogens (primary N) is 1. The fraction of sp³-hybridized carbons (Fsp3) is 0.611. The molecule has 2 fully saturated rings. The summed E-state index contributed by atoms with van der Waals surface area (Å²) in [5.74, 6) is 2.08.